The smallest absolute Gasteiger partial charge is 0.338 e. The van der Waals surface area contributed by atoms with E-state index >= 15 is 0 Å². The highest BCUT2D eigenvalue weighted by Gasteiger charge is 2.04. The summed E-state index contributed by atoms with van der Waals surface area (Å²) in [4.78, 5) is 11.4. The van der Waals surface area contributed by atoms with Crippen LogP contribution in [0.15, 0.2) is 24.2 Å². The molecule has 13 heavy (non-hydrogen) atoms. The van der Waals surface area contributed by atoms with E-state index < -0.39 is 5.97 Å². The fraction of sp³-hybridized carbons (Fsp3) is 0.300. The molecule has 0 aliphatic heterocycles. The minimum absolute atomic E-state index is 0.0300. The predicted octanol–water partition coefficient (Wildman–Crippen LogP) is 1.87. The fourth-order valence-electron chi connectivity index (χ4n) is 0.809. The predicted molar refractivity (Wildman–Crippen MR) is 49.0 cm³/mol. The molecule has 3 nitrogen and oxygen atoms in total. The van der Waals surface area contributed by atoms with Crippen LogP contribution in [0.25, 0.3) is 0 Å². The van der Waals surface area contributed by atoms with Gasteiger partial charge >= 0.3 is 5.97 Å². The molecular weight excluding hydrogens is 168 g/mol. The summed E-state index contributed by atoms with van der Waals surface area (Å²) in [5.41, 5.74) is -0.0300. The van der Waals surface area contributed by atoms with E-state index in [9.17, 15) is 4.79 Å². The van der Waals surface area contributed by atoms with E-state index in [-0.39, 0.29) is 24.3 Å². The van der Waals surface area contributed by atoms with Crippen molar-refractivity contribution in [2.45, 2.75) is 6.92 Å². The molecule has 0 atom stereocenters. The van der Waals surface area contributed by atoms with Gasteiger partial charge in [0, 0.05) is 0 Å². The Morgan fingerprint density at radius 3 is 2.62 bits per heavy atom. The SMILES string of the molecule is [2H]c1cc(OC)cc([2H])c1C(=O)OCC. The van der Waals surface area contributed by atoms with Gasteiger partial charge in [0.25, 0.3) is 0 Å². The van der Waals surface area contributed by atoms with Gasteiger partial charge in [-0.2, -0.15) is 0 Å². The van der Waals surface area contributed by atoms with Gasteiger partial charge in [-0.05, 0) is 31.1 Å². The summed E-state index contributed by atoms with van der Waals surface area (Å²) in [6.07, 6.45) is 0. The molecule has 0 spiro atoms. The lowest BCUT2D eigenvalue weighted by Gasteiger charge is -2.02. The van der Waals surface area contributed by atoms with Crippen molar-refractivity contribution in [1.29, 1.82) is 0 Å². The van der Waals surface area contributed by atoms with E-state index in [0.29, 0.717) is 5.75 Å². The van der Waals surface area contributed by atoms with Gasteiger partial charge in [-0.15, -0.1) is 0 Å². The number of hydrogen-bond donors (Lipinski definition) is 0. The monoisotopic (exact) mass is 182 g/mol. The van der Waals surface area contributed by atoms with Crippen molar-refractivity contribution in [2.24, 2.45) is 0 Å². The van der Waals surface area contributed by atoms with Crippen molar-refractivity contribution in [3.63, 3.8) is 0 Å². The third-order valence-corrected chi connectivity index (χ3v) is 1.43. The number of benzene rings is 1. The number of ether oxygens (including phenoxy) is 2. The molecule has 0 radical (unpaired) electrons. The first-order valence-electron chi connectivity index (χ1n) is 4.92. The van der Waals surface area contributed by atoms with E-state index in [0.717, 1.165) is 0 Å². The summed E-state index contributed by atoms with van der Waals surface area (Å²) < 4.78 is 24.7. The van der Waals surface area contributed by atoms with Crippen LogP contribution >= 0.6 is 0 Å². The molecule has 1 rings (SSSR count). The normalized spacial score (nSPS) is 11.5. The Morgan fingerprint density at radius 2 is 2.15 bits per heavy atom. The number of hydrogen-bond acceptors (Lipinski definition) is 3. The zero-order chi connectivity index (χ0) is 11.4. The molecule has 1 aromatic carbocycles. The number of methoxy groups -OCH3 is 1. The highest BCUT2D eigenvalue weighted by molar-refractivity contribution is 5.89. The first-order valence-corrected chi connectivity index (χ1v) is 3.92. The van der Waals surface area contributed by atoms with Crippen molar-refractivity contribution in [3.8, 4) is 5.75 Å². The Labute approximate surface area is 80.1 Å². The van der Waals surface area contributed by atoms with Crippen LogP contribution in [0.4, 0.5) is 0 Å². The Kier molecular flexibility index (Phi) is 2.40. The molecule has 0 aliphatic carbocycles. The largest absolute Gasteiger partial charge is 0.497 e. The van der Waals surface area contributed by atoms with Crippen molar-refractivity contribution in [1.82, 2.24) is 0 Å². The molecule has 0 N–H and O–H groups in total. The molecule has 0 fully saturated rings. The van der Waals surface area contributed by atoms with Gasteiger partial charge in [0.2, 0.25) is 0 Å². The second-order valence-corrected chi connectivity index (χ2v) is 2.28. The zero-order valence-corrected chi connectivity index (χ0v) is 7.59. The topological polar surface area (TPSA) is 35.5 Å². The standard InChI is InChI=1S/C10H12O3/c1-3-13-10(11)8-4-6-9(12-2)7-5-8/h4-7H,3H2,1-2H3/i4D,5D. The van der Waals surface area contributed by atoms with Gasteiger partial charge in [0.1, 0.15) is 5.75 Å². The highest BCUT2D eigenvalue weighted by Crippen LogP contribution is 2.11. The van der Waals surface area contributed by atoms with Crippen LogP contribution in [0.1, 0.15) is 20.0 Å². The average molecular weight is 182 g/mol. The Morgan fingerprint density at radius 1 is 1.54 bits per heavy atom. The molecule has 0 saturated carbocycles. The molecule has 1 aromatic rings. The van der Waals surface area contributed by atoms with Crippen LogP contribution in [0.5, 0.6) is 5.75 Å². The summed E-state index contributed by atoms with van der Waals surface area (Å²) in [5, 5.41) is 0. The maximum absolute atomic E-state index is 11.4. The van der Waals surface area contributed by atoms with E-state index in [1.54, 1.807) is 6.92 Å². The summed E-state index contributed by atoms with van der Waals surface area (Å²) in [7, 11) is 1.44. The van der Waals surface area contributed by atoms with E-state index in [2.05, 4.69) is 0 Å². The van der Waals surface area contributed by atoms with Gasteiger partial charge < -0.3 is 9.47 Å². The third-order valence-electron chi connectivity index (χ3n) is 1.43. The number of esters is 1. The lowest BCUT2D eigenvalue weighted by Crippen LogP contribution is -2.03. The molecule has 0 amide bonds. The Hall–Kier alpha value is -1.51. The van der Waals surface area contributed by atoms with Gasteiger partial charge in [-0.3, -0.25) is 0 Å². The van der Waals surface area contributed by atoms with Gasteiger partial charge in [0.15, 0.2) is 0 Å². The number of carbonyl (C=O) groups excluding carboxylic acids is 1. The van der Waals surface area contributed by atoms with Gasteiger partial charge in [0.05, 0.1) is 22.0 Å². The molecule has 0 heterocycles. The molecule has 0 unspecified atom stereocenters. The summed E-state index contributed by atoms with van der Waals surface area (Å²) >= 11 is 0. The first-order chi connectivity index (χ1) is 7.10. The first kappa shape index (κ1) is 6.95. The number of carbonyl (C=O) groups is 1. The average Bonchev–Trinajstić information content (AvgIpc) is 2.16. The maximum Gasteiger partial charge on any atom is 0.338 e. The van der Waals surface area contributed by atoms with E-state index in [1.165, 1.54) is 19.2 Å². The molecule has 0 saturated heterocycles. The van der Waals surface area contributed by atoms with Crippen LogP contribution in [-0.4, -0.2) is 19.7 Å². The van der Waals surface area contributed by atoms with Gasteiger partial charge in [-0.1, -0.05) is 0 Å². The van der Waals surface area contributed by atoms with Crippen molar-refractivity contribution >= 4 is 5.97 Å². The highest BCUT2D eigenvalue weighted by atomic mass is 16.5. The molecular formula is C10H12O3. The fourth-order valence-corrected chi connectivity index (χ4v) is 0.809. The van der Waals surface area contributed by atoms with Crippen molar-refractivity contribution in [2.75, 3.05) is 13.7 Å². The molecule has 70 valence electrons. The summed E-state index contributed by atoms with van der Waals surface area (Å²) in [5.74, 6) is -0.256. The van der Waals surface area contributed by atoms with Crippen LogP contribution in [0.2, 0.25) is 0 Å². The van der Waals surface area contributed by atoms with Crippen molar-refractivity contribution in [3.05, 3.63) is 29.8 Å². The lowest BCUT2D eigenvalue weighted by atomic mass is 10.2. The van der Waals surface area contributed by atoms with Gasteiger partial charge in [-0.25, -0.2) is 4.79 Å². The summed E-state index contributed by atoms with van der Waals surface area (Å²) in [6, 6.07) is 2.64. The van der Waals surface area contributed by atoms with Crippen LogP contribution in [0.3, 0.4) is 0 Å². The van der Waals surface area contributed by atoms with E-state index in [4.69, 9.17) is 12.2 Å². The quantitative estimate of drug-likeness (QED) is 0.669. The lowest BCUT2D eigenvalue weighted by molar-refractivity contribution is 0.0526. The molecule has 3 heteroatoms. The van der Waals surface area contributed by atoms with Crippen LogP contribution in [0, 0.1) is 0 Å². The minimum atomic E-state index is -0.643. The van der Waals surface area contributed by atoms with E-state index in [1.807, 2.05) is 0 Å². The molecule has 0 aromatic heterocycles. The maximum atomic E-state index is 11.4. The molecule has 0 bridgehead atoms. The third kappa shape index (κ3) is 2.47. The second kappa shape index (κ2) is 4.50. The minimum Gasteiger partial charge on any atom is -0.497 e. The van der Waals surface area contributed by atoms with Crippen molar-refractivity contribution < 1.29 is 17.0 Å². The Balaban J connectivity index is 3.13. The second-order valence-electron chi connectivity index (χ2n) is 2.28. The zero-order valence-electron chi connectivity index (χ0n) is 9.59. The Bertz CT molecular complexity index is 354. The van der Waals surface area contributed by atoms with Crippen LogP contribution < -0.4 is 4.74 Å². The summed E-state index contributed by atoms with van der Waals surface area (Å²) in [6.45, 7) is 1.90. The van der Waals surface area contributed by atoms with Crippen LogP contribution in [-0.2, 0) is 4.74 Å². The number of rotatable bonds is 3. The molecule has 0 aliphatic rings.